The van der Waals surface area contributed by atoms with Crippen molar-refractivity contribution in [2.24, 2.45) is 0 Å². The lowest BCUT2D eigenvalue weighted by Gasteiger charge is -2.13. The molecule has 5 heteroatoms. The summed E-state index contributed by atoms with van der Waals surface area (Å²) >= 11 is 0. The van der Waals surface area contributed by atoms with Crippen molar-refractivity contribution in [1.29, 1.82) is 0 Å². The molecule has 1 N–H and O–H groups in total. The van der Waals surface area contributed by atoms with Gasteiger partial charge in [-0.1, -0.05) is 6.58 Å². The van der Waals surface area contributed by atoms with Gasteiger partial charge in [-0.05, 0) is 20.3 Å². The van der Waals surface area contributed by atoms with Gasteiger partial charge in [-0.25, -0.2) is 4.79 Å². The molecule has 0 fully saturated rings. The monoisotopic (exact) mass is 247 g/mol. The molecule has 0 saturated carbocycles. The molecule has 0 aliphatic carbocycles. The van der Waals surface area contributed by atoms with Gasteiger partial charge >= 0.3 is 5.97 Å². The van der Waals surface area contributed by atoms with E-state index in [0.717, 1.165) is 6.42 Å². The van der Waals surface area contributed by atoms with Crippen LogP contribution in [0.1, 0.15) is 20.3 Å². The van der Waals surface area contributed by atoms with E-state index in [1.165, 1.54) is 0 Å². The van der Waals surface area contributed by atoms with E-state index in [0.29, 0.717) is 24.5 Å². The highest BCUT2D eigenvalue weighted by Crippen LogP contribution is 1.97. The highest BCUT2D eigenvalue weighted by molar-refractivity contribution is 7.84. The van der Waals surface area contributed by atoms with E-state index in [9.17, 15) is 9.00 Å². The first kappa shape index (κ1) is 15.3. The summed E-state index contributed by atoms with van der Waals surface area (Å²) in [4.78, 5) is 11.2. The number of carbonyl (C=O) groups is 1. The molecule has 0 aliphatic heterocycles. The van der Waals surface area contributed by atoms with E-state index < -0.39 is 10.8 Å². The number of hydrogen-bond acceptors (Lipinski definition) is 4. The molecule has 4 nitrogen and oxygen atoms in total. The molecule has 0 aliphatic rings. The Morgan fingerprint density at radius 3 is 2.69 bits per heavy atom. The van der Waals surface area contributed by atoms with E-state index in [1.54, 1.807) is 13.2 Å². The number of hydrogen-bond donors (Lipinski definition) is 1. The minimum atomic E-state index is -0.766. The van der Waals surface area contributed by atoms with Crippen LogP contribution in [0, 0.1) is 0 Å². The smallest absolute Gasteiger partial charge is 0.334 e. The molecule has 0 rings (SSSR count). The van der Waals surface area contributed by atoms with Gasteiger partial charge in [0.1, 0.15) is 0 Å². The van der Waals surface area contributed by atoms with Crippen LogP contribution in [0.3, 0.4) is 0 Å². The lowest BCUT2D eigenvalue weighted by Crippen LogP contribution is -2.31. The molecule has 0 aromatic rings. The van der Waals surface area contributed by atoms with Crippen LogP contribution in [-0.2, 0) is 20.3 Å². The van der Waals surface area contributed by atoms with E-state index >= 15 is 0 Å². The average Bonchev–Trinajstić information content (AvgIpc) is 2.23. The largest absolute Gasteiger partial charge is 0.463 e. The first-order chi connectivity index (χ1) is 7.47. The van der Waals surface area contributed by atoms with Crippen LogP contribution in [0.2, 0.25) is 0 Å². The molecule has 16 heavy (non-hydrogen) atoms. The summed E-state index contributed by atoms with van der Waals surface area (Å²) in [6.07, 6.45) is 2.50. The van der Waals surface area contributed by atoms with Gasteiger partial charge in [0, 0.05) is 41.0 Å². The van der Waals surface area contributed by atoms with Crippen LogP contribution in [0.5, 0.6) is 0 Å². The Kier molecular flexibility index (Phi) is 8.11. The van der Waals surface area contributed by atoms with Crippen molar-refractivity contribution < 1.29 is 13.7 Å². The van der Waals surface area contributed by atoms with Crippen LogP contribution in [-0.4, -0.2) is 41.4 Å². The molecule has 0 heterocycles. The molecule has 0 radical (unpaired) electrons. The zero-order valence-corrected chi connectivity index (χ0v) is 11.1. The maximum atomic E-state index is 11.2. The SMILES string of the molecule is C=C(CNC(C)CCS(C)=O)C(=O)OCC. The van der Waals surface area contributed by atoms with E-state index in [4.69, 9.17) is 4.74 Å². The van der Waals surface area contributed by atoms with Gasteiger partial charge in [-0.2, -0.15) is 0 Å². The molecule has 2 atom stereocenters. The molecule has 0 amide bonds. The maximum absolute atomic E-state index is 11.2. The third-order valence-electron chi connectivity index (χ3n) is 2.07. The molecule has 0 aromatic heterocycles. The lowest BCUT2D eigenvalue weighted by molar-refractivity contribution is -0.138. The summed E-state index contributed by atoms with van der Waals surface area (Å²) < 4.78 is 15.7. The molecule has 0 aromatic carbocycles. The fourth-order valence-electron chi connectivity index (χ4n) is 1.05. The zero-order chi connectivity index (χ0) is 12.6. The molecule has 2 unspecified atom stereocenters. The quantitative estimate of drug-likeness (QED) is 0.510. The molecule has 0 spiro atoms. The Hall–Kier alpha value is -0.680. The van der Waals surface area contributed by atoms with Crippen molar-refractivity contribution in [3.8, 4) is 0 Å². The van der Waals surface area contributed by atoms with Crippen molar-refractivity contribution in [2.45, 2.75) is 26.3 Å². The Bertz CT molecular complexity index is 266. The molecule has 0 bridgehead atoms. The number of nitrogens with one attached hydrogen (secondary N) is 1. The lowest BCUT2D eigenvalue weighted by atomic mass is 10.2. The van der Waals surface area contributed by atoms with Crippen molar-refractivity contribution in [3.63, 3.8) is 0 Å². The normalized spacial score (nSPS) is 14.2. The van der Waals surface area contributed by atoms with Gasteiger partial charge in [0.25, 0.3) is 0 Å². The Balaban J connectivity index is 3.74. The maximum Gasteiger partial charge on any atom is 0.334 e. The van der Waals surface area contributed by atoms with E-state index in [-0.39, 0.29) is 12.0 Å². The Labute approximate surface area is 99.9 Å². The summed E-state index contributed by atoms with van der Waals surface area (Å²) in [5.74, 6) is 0.307. The fourth-order valence-corrected chi connectivity index (χ4v) is 1.73. The number of carbonyl (C=O) groups excluding carboxylic acids is 1. The summed E-state index contributed by atoms with van der Waals surface area (Å²) in [7, 11) is -0.766. The van der Waals surface area contributed by atoms with Gasteiger partial charge in [-0.15, -0.1) is 0 Å². The summed E-state index contributed by atoms with van der Waals surface area (Å²) in [6.45, 7) is 8.17. The van der Waals surface area contributed by atoms with Gasteiger partial charge < -0.3 is 10.1 Å². The molecular weight excluding hydrogens is 226 g/mol. The van der Waals surface area contributed by atoms with Gasteiger partial charge in [-0.3, -0.25) is 4.21 Å². The zero-order valence-electron chi connectivity index (χ0n) is 10.2. The molecule has 0 saturated heterocycles. The Morgan fingerprint density at radius 1 is 1.56 bits per heavy atom. The van der Waals surface area contributed by atoms with E-state index in [1.807, 2.05) is 6.92 Å². The minimum Gasteiger partial charge on any atom is -0.463 e. The Morgan fingerprint density at radius 2 is 2.19 bits per heavy atom. The number of rotatable bonds is 8. The van der Waals surface area contributed by atoms with Gasteiger partial charge in [0.15, 0.2) is 0 Å². The van der Waals surface area contributed by atoms with Gasteiger partial charge in [0.05, 0.1) is 6.61 Å². The van der Waals surface area contributed by atoms with Crippen LogP contribution in [0.15, 0.2) is 12.2 Å². The first-order valence-corrected chi connectivity index (χ1v) is 7.08. The molecular formula is C11H21NO3S. The van der Waals surface area contributed by atoms with Crippen LogP contribution >= 0.6 is 0 Å². The first-order valence-electron chi connectivity index (χ1n) is 5.35. The number of esters is 1. The predicted octanol–water partition coefficient (Wildman–Crippen LogP) is 0.852. The van der Waals surface area contributed by atoms with Crippen LogP contribution < -0.4 is 5.32 Å². The second-order valence-electron chi connectivity index (χ2n) is 3.67. The third kappa shape index (κ3) is 7.59. The van der Waals surface area contributed by atoms with Crippen molar-refractivity contribution in [1.82, 2.24) is 5.32 Å². The van der Waals surface area contributed by atoms with Crippen LogP contribution in [0.25, 0.3) is 0 Å². The minimum absolute atomic E-state index is 0.218. The predicted molar refractivity (Wildman–Crippen MR) is 66.8 cm³/mol. The average molecular weight is 247 g/mol. The standard InChI is InChI=1S/C11H21NO3S/c1-5-15-11(13)9(2)8-12-10(3)6-7-16(4)14/h10,12H,2,5-8H2,1,3-4H3. The van der Waals surface area contributed by atoms with E-state index in [2.05, 4.69) is 11.9 Å². The van der Waals surface area contributed by atoms with Crippen molar-refractivity contribution in [2.75, 3.05) is 25.2 Å². The van der Waals surface area contributed by atoms with Crippen molar-refractivity contribution >= 4 is 16.8 Å². The second kappa shape index (κ2) is 8.47. The highest BCUT2D eigenvalue weighted by Gasteiger charge is 2.09. The third-order valence-corrected chi connectivity index (χ3v) is 2.88. The summed E-state index contributed by atoms with van der Waals surface area (Å²) in [6, 6.07) is 0.218. The molecule has 94 valence electrons. The summed E-state index contributed by atoms with van der Waals surface area (Å²) in [5.41, 5.74) is 0.423. The highest BCUT2D eigenvalue weighted by atomic mass is 32.2. The van der Waals surface area contributed by atoms with Crippen LogP contribution in [0.4, 0.5) is 0 Å². The van der Waals surface area contributed by atoms with Gasteiger partial charge in [0.2, 0.25) is 0 Å². The summed E-state index contributed by atoms with van der Waals surface area (Å²) in [5, 5.41) is 3.14. The second-order valence-corrected chi connectivity index (χ2v) is 5.23. The fraction of sp³-hybridized carbons (Fsp3) is 0.727. The van der Waals surface area contributed by atoms with Crippen molar-refractivity contribution in [3.05, 3.63) is 12.2 Å². The topological polar surface area (TPSA) is 55.4 Å². The number of ether oxygens (including phenoxy) is 1.